The summed E-state index contributed by atoms with van der Waals surface area (Å²) in [4.78, 5) is 14.6. The maximum atomic E-state index is 12.5. The lowest BCUT2D eigenvalue weighted by atomic mass is 9.96. The lowest BCUT2D eigenvalue weighted by Crippen LogP contribution is -2.44. The standard InChI is InChI=1S/C13H22N2O/c1-8-11(14)6-7-15(8)13(16)12(9-2-3-9)10-4-5-10/h8-12H,2-7,14H2,1H3. The smallest absolute Gasteiger partial charge is 0.226 e. The van der Waals surface area contributed by atoms with Crippen molar-refractivity contribution in [3.05, 3.63) is 0 Å². The number of likely N-dealkylation sites (tertiary alicyclic amines) is 1. The van der Waals surface area contributed by atoms with Gasteiger partial charge in [-0.25, -0.2) is 0 Å². The lowest BCUT2D eigenvalue weighted by Gasteiger charge is -2.28. The monoisotopic (exact) mass is 222 g/mol. The van der Waals surface area contributed by atoms with E-state index in [4.69, 9.17) is 5.73 Å². The average molecular weight is 222 g/mol. The molecule has 1 heterocycles. The molecule has 0 aromatic carbocycles. The minimum absolute atomic E-state index is 0.197. The van der Waals surface area contributed by atoms with Gasteiger partial charge in [-0.2, -0.15) is 0 Å². The Morgan fingerprint density at radius 3 is 2.12 bits per heavy atom. The van der Waals surface area contributed by atoms with E-state index in [-0.39, 0.29) is 12.1 Å². The lowest BCUT2D eigenvalue weighted by molar-refractivity contribution is -0.137. The van der Waals surface area contributed by atoms with Crippen LogP contribution in [0.2, 0.25) is 0 Å². The average Bonchev–Trinajstić information content (AvgIpc) is 3.12. The van der Waals surface area contributed by atoms with Crippen LogP contribution in [0.4, 0.5) is 0 Å². The highest BCUT2D eigenvalue weighted by Gasteiger charge is 2.48. The normalized spacial score (nSPS) is 34.8. The molecule has 3 rings (SSSR count). The number of carbonyl (C=O) groups excluding carboxylic acids is 1. The number of rotatable bonds is 3. The first-order chi connectivity index (χ1) is 7.68. The summed E-state index contributed by atoms with van der Waals surface area (Å²) in [6.45, 7) is 2.99. The van der Waals surface area contributed by atoms with Crippen LogP contribution in [0, 0.1) is 17.8 Å². The third-order valence-electron chi connectivity index (χ3n) is 4.64. The van der Waals surface area contributed by atoms with Crippen LogP contribution in [0.3, 0.4) is 0 Å². The molecule has 3 fully saturated rings. The topological polar surface area (TPSA) is 46.3 Å². The molecule has 0 aromatic heterocycles. The maximum Gasteiger partial charge on any atom is 0.226 e. The molecule has 2 saturated carbocycles. The molecule has 0 radical (unpaired) electrons. The van der Waals surface area contributed by atoms with E-state index in [1.54, 1.807) is 0 Å². The second-order valence-electron chi connectivity index (χ2n) is 5.93. The van der Waals surface area contributed by atoms with E-state index >= 15 is 0 Å². The van der Waals surface area contributed by atoms with E-state index in [1.165, 1.54) is 25.7 Å². The van der Waals surface area contributed by atoms with Crippen LogP contribution in [-0.4, -0.2) is 29.4 Å². The molecule has 1 amide bonds. The van der Waals surface area contributed by atoms with Gasteiger partial charge in [0.2, 0.25) is 5.91 Å². The molecular formula is C13H22N2O. The largest absolute Gasteiger partial charge is 0.338 e. The van der Waals surface area contributed by atoms with Gasteiger partial charge >= 0.3 is 0 Å². The van der Waals surface area contributed by atoms with Crippen molar-refractivity contribution in [3.63, 3.8) is 0 Å². The maximum absolute atomic E-state index is 12.5. The zero-order chi connectivity index (χ0) is 11.3. The van der Waals surface area contributed by atoms with Gasteiger partial charge in [0.25, 0.3) is 0 Å². The fourth-order valence-corrected chi connectivity index (χ4v) is 3.17. The summed E-state index contributed by atoms with van der Waals surface area (Å²) in [6, 6.07) is 0.454. The number of carbonyl (C=O) groups is 1. The molecule has 3 heteroatoms. The summed E-state index contributed by atoms with van der Waals surface area (Å²) in [5, 5.41) is 0. The fourth-order valence-electron chi connectivity index (χ4n) is 3.17. The predicted molar refractivity (Wildman–Crippen MR) is 62.7 cm³/mol. The SMILES string of the molecule is CC1C(N)CCN1C(=O)C(C1CC1)C1CC1. The zero-order valence-electron chi connectivity index (χ0n) is 10.1. The van der Waals surface area contributed by atoms with Crippen LogP contribution in [0.1, 0.15) is 39.0 Å². The summed E-state index contributed by atoms with van der Waals surface area (Å²) >= 11 is 0. The van der Waals surface area contributed by atoms with Gasteiger partial charge in [-0.1, -0.05) is 0 Å². The van der Waals surface area contributed by atoms with Crippen molar-refractivity contribution in [2.24, 2.45) is 23.5 Å². The molecule has 2 unspecified atom stereocenters. The zero-order valence-corrected chi connectivity index (χ0v) is 10.1. The van der Waals surface area contributed by atoms with Gasteiger partial charge in [-0.05, 0) is 50.9 Å². The Kier molecular flexibility index (Phi) is 2.46. The summed E-state index contributed by atoms with van der Waals surface area (Å²) in [6.07, 6.45) is 6.10. The molecule has 1 aliphatic heterocycles. The predicted octanol–water partition coefficient (Wildman–Crippen LogP) is 1.37. The fraction of sp³-hybridized carbons (Fsp3) is 0.923. The van der Waals surface area contributed by atoms with E-state index in [0.717, 1.165) is 13.0 Å². The number of nitrogens with zero attached hydrogens (tertiary/aromatic N) is 1. The van der Waals surface area contributed by atoms with E-state index in [1.807, 2.05) is 0 Å². The van der Waals surface area contributed by atoms with Gasteiger partial charge in [-0.3, -0.25) is 4.79 Å². The Morgan fingerprint density at radius 1 is 1.19 bits per heavy atom. The molecule has 0 aromatic rings. The van der Waals surface area contributed by atoms with Crippen molar-refractivity contribution >= 4 is 5.91 Å². The van der Waals surface area contributed by atoms with Gasteiger partial charge in [0.1, 0.15) is 0 Å². The molecule has 2 N–H and O–H groups in total. The van der Waals surface area contributed by atoms with Crippen LogP contribution >= 0.6 is 0 Å². The second-order valence-corrected chi connectivity index (χ2v) is 5.93. The minimum Gasteiger partial charge on any atom is -0.338 e. The quantitative estimate of drug-likeness (QED) is 0.784. The highest BCUT2D eigenvalue weighted by molar-refractivity contribution is 5.81. The van der Waals surface area contributed by atoms with Crippen LogP contribution < -0.4 is 5.73 Å². The van der Waals surface area contributed by atoms with E-state index in [9.17, 15) is 4.79 Å². The Labute approximate surface area is 97.4 Å². The summed E-state index contributed by atoms with van der Waals surface area (Å²) < 4.78 is 0. The number of nitrogens with two attached hydrogens (primary N) is 1. The Bertz CT molecular complexity index is 284. The first-order valence-corrected chi connectivity index (χ1v) is 6.74. The number of hydrogen-bond acceptors (Lipinski definition) is 2. The molecule has 0 bridgehead atoms. The summed E-state index contributed by atoms with van der Waals surface area (Å²) in [5.74, 6) is 2.20. The van der Waals surface area contributed by atoms with Crippen molar-refractivity contribution in [1.29, 1.82) is 0 Å². The Morgan fingerprint density at radius 2 is 1.75 bits per heavy atom. The van der Waals surface area contributed by atoms with Gasteiger partial charge in [0, 0.05) is 24.5 Å². The highest BCUT2D eigenvalue weighted by atomic mass is 16.2. The third-order valence-corrected chi connectivity index (χ3v) is 4.64. The first kappa shape index (κ1) is 10.6. The van der Waals surface area contributed by atoms with Gasteiger partial charge in [0.15, 0.2) is 0 Å². The van der Waals surface area contributed by atoms with Crippen molar-refractivity contribution in [1.82, 2.24) is 4.90 Å². The molecule has 3 nitrogen and oxygen atoms in total. The summed E-state index contributed by atoms with van der Waals surface area (Å²) in [7, 11) is 0. The first-order valence-electron chi connectivity index (χ1n) is 6.74. The summed E-state index contributed by atoms with van der Waals surface area (Å²) in [5.41, 5.74) is 6.00. The highest BCUT2D eigenvalue weighted by Crippen LogP contribution is 2.50. The van der Waals surface area contributed by atoms with Crippen molar-refractivity contribution in [2.75, 3.05) is 6.54 Å². The Balaban J connectivity index is 1.70. The van der Waals surface area contributed by atoms with Crippen LogP contribution in [-0.2, 0) is 4.79 Å². The number of amides is 1. The second kappa shape index (κ2) is 3.73. The van der Waals surface area contributed by atoms with Crippen LogP contribution in [0.5, 0.6) is 0 Å². The van der Waals surface area contributed by atoms with Gasteiger partial charge in [0.05, 0.1) is 0 Å². The Hall–Kier alpha value is -0.570. The molecule has 0 spiro atoms. The molecule has 90 valence electrons. The van der Waals surface area contributed by atoms with Crippen LogP contribution in [0.15, 0.2) is 0 Å². The number of hydrogen-bond donors (Lipinski definition) is 1. The van der Waals surface area contributed by atoms with Crippen molar-refractivity contribution in [2.45, 2.75) is 51.1 Å². The third kappa shape index (κ3) is 1.75. The molecule has 3 aliphatic rings. The van der Waals surface area contributed by atoms with Gasteiger partial charge in [-0.15, -0.1) is 0 Å². The minimum atomic E-state index is 0.197. The van der Waals surface area contributed by atoms with Gasteiger partial charge < -0.3 is 10.6 Å². The van der Waals surface area contributed by atoms with Crippen LogP contribution in [0.25, 0.3) is 0 Å². The van der Waals surface area contributed by atoms with E-state index in [2.05, 4.69) is 11.8 Å². The molecule has 2 atom stereocenters. The van der Waals surface area contributed by atoms with E-state index < -0.39 is 0 Å². The van der Waals surface area contributed by atoms with Crippen molar-refractivity contribution in [3.8, 4) is 0 Å². The molecule has 1 saturated heterocycles. The van der Waals surface area contributed by atoms with Crippen molar-refractivity contribution < 1.29 is 4.79 Å². The van der Waals surface area contributed by atoms with E-state index in [0.29, 0.717) is 23.7 Å². The molecule has 2 aliphatic carbocycles. The molecular weight excluding hydrogens is 200 g/mol. The molecule has 16 heavy (non-hydrogen) atoms.